The molecule has 1 aliphatic rings. The lowest BCUT2D eigenvalue weighted by atomic mass is 10.2. The number of aliphatic hydroxyl groups is 1. The number of morpholine rings is 1. The van der Waals surface area contributed by atoms with Crippen molar-refractivity contribution in [2.45, 2.75) is 32.0 Å². The number of carbonyl (C=O) groups is 1. The lowest BCUT2D eigenvalue weighted by Crippen LogP contribution is -2.40. The predicted octanol–water partition coefficient (Wildman–Crippen LogP) is 2.62. The molecule has 1 amide bonds. The number of ether oxygens (including phenoxy) is 3. The number of rotatable bonds is 13. The molecular weight excluding hydrogens is 408 g/mol. The molecule has 0 radical (unpaired) electrons. The van der Waals surface area contributed by atoms with Crippen molar-refractivity contribution in [2.75, 3.05) is 46.0 Å². The van der Waals surface area contributed by atoms with Crippen LogP contribution in [0, 0.1) is 0 Å². The SMILES string of the molecule is O=C(CCCNCCC(O)COc1ccc(OCc2ccccc2)cc1)N1CCOCC1. The van der Waals surface area contributed by atoms with Gasteiger partial charge in [0.25, 0.3) is 0 Å². The Balaban J connectivity index is 1.21. The maximum atomic E-state index is 12.1. The first-order chi connectivity index (χ1) is 15.7. The Morgan fingerprint density at radius 1 is 1.00 bits per heavy atom. The fraction of sp³-hybridized carbons (Fsp3) is 0.480. The van der Waals surface area contributed by atoms with Gasteiger partial charge in [-0.1, -0.05) is 30.3 Å². The quantitative estimate of drug-likeness (QED) is 0.464. The highest BCUT2D eigenvalue weighted by Gasteiger charge is 2.15. The molecule has 174 valence electrons. The number of hydrogen-bond donors (Lipinski definition) is 2. The van der Waals surface area contributed by atoms with E-state index in [2.05, 4.69) is 5.32 Å². The molecule has 0 aromatic heterocycles. The van der Waals surface area contributed by atoms with Crippen LogP contribution < -0.4 is 14.8 Å². The molecule has 7 nitrogen and oxygen atoms in total. The minimum Gasteiger partial charge on any atom is -0.491 e. The summed E-state index contributed by atoms with van der Waals surface area (Å²) >= 11 is 0. The van der Waals surface area contributed by atoms with Gasteiger partial charge >= 0.3 is 0 Å². The fourth-order valence-electron chi connectivity index (χ4n) is 3.38. The van der Waals surface area contributed by atoms with Crippen molar-refractivity contribution in [3.05, 3.63) is 60.2 Å². The number of nitrogens with one attached hydrogen (secondary N) is 1. The zero-order chi connectivity index (χ0) is 22.4. The Bertz CT molecular complexity index is 779. The van der Waals surface area contributed by atoms with E-state index < -0.39 is 6.10 Å². The Morgan fingerprint density at radius 2 is 1.69 bits per heavy atom. The van der Waals surface area contributed by atoms with Crippen LogP contribution in [0.25, 0.3) is 0 Å². The normalized spacial score (nSPS) is 14.7. The Kier molecular flexibility index (Phi) is 10.3. The van der Waals surface area contributed by atoms with E-state index in [1.54, 1.807) is 0 Å². The molecule has 1 atom stereocenters. The maximum Gasteiger partial charge on any atom is 0.222 e. The summed E-state index contributed by atoms with van der Waals surface area (Å²) < 4.78 is 16.7. The lowest BCUT2D eigenvalue weighted by Gasteiger charge is -2.26. The second kappa shape index (κ2) is 13.7. The van der Waals surface area contributed by atoms with E-state index in [1.807, 2.05) is 59.5 Å². The van der Waals surface area contributed by atoms with Gasteiger partial charge in [0.1, 0.15) is 24.7 Å². The van der Waals surface area contributed by atoms with Gasteiger partial charge in [0.2, 0.25) is 5.91 Å². The van der Waals surface area contributed by atoms with Crippen LogP contribution in [0.2, 0.25) is 0 Å². The van der Waals surface area contributed by atoms with Crippen molar-refractivity contribution >= 4 is 5.91 Å². The van der Waals surface area contributed by atoms with Crippen LogP contribution >= 0.6 is 0 Å². The standard InChI is InChI=1S/C25H34N2O5/c28-22(12-14-26-13-4-7-25(29)27-15-17-30-18-16-27)20-32-24-10-8-23(9-11-24)31-19-21-5-2-1-3-6-21/h1-3,5-6,8-11,22,26,28H,4,7,12-20H2. The first-order valence-corrected chi connectivity index (χ1v) is 11.3. The first kappa shape index (κ1) is 24.0. The number of hydrogen-bond acceptors (Lipinski definition) is 6. The van der Waals surface area contributed by atoms with Gasteiger partial charge in [0.05, 0.1) is 19.3 Å². The highest BCUT2D eigenvalue weighted by atomic mass is 16.5. The third kappa shape index (κ3) is 8.86. The van der Waals surface area contributed by atoms with Crippen LogP contribution in [0.5, 0.6) is 11.5 Å². The Morgan fingerprint density at radius 3 is 2.41 bits per heavy atom. The molecule has 2 N–H and O–H groups in total. The molecule has 0 spiro atoms. The van der Waals surface area contributed by atoms with Gasteiger partial charge in [0, 0.05) is 19.5 Å². The van der Waals surface area contributed by atoms with Crippen molar-refractivity contribution in [1.82, 2.24) is 10.2 Å². The van der Waals surface area contributed by atoms with Crippen molar-refractivity contribution in [3.63, 3.8) is 0 Å². The van der Waals surface area contributed by atoms with Crippen LogP contribution in [-0.4, -0.2) is 68.0 Å². The van der Waals surface area contributed by atoms with Gasteiger partial charge in [-0.15, -0.1) is 0 Å². The molecule has 7 heteroatoms. The zero-order valence-electron chi connectivity index (χ0n) is 18.6. The molecule has 0 bridgehead atoms. The summed E-state index contributed by atoms with van der Waals surface area (Å²) in [4.78, 5) is 13.9. The summed E-state index contributed by atoms with van der Waals surface area (Å²) in [6.07, 6.45) is 1.38. The second-order valence-electron chi connectivity index (χ2n) is 7.85. The monoisotopic (exact) mass is 442 g/mol. The molecule has 1 fully saturated rings. The van der Waals surface area contributed by atoms with E-state index >= 15 is 0 Å². The van der Waals surface area contributed by atoms with E-state index in [9.17, 15) is 9.90 Å². The van der Waals surface area contributed by atoms with Gasteiger partial charge in [-0.05, 0) is 55.8 Å². The first-order valence-electron chi connectivity index (χ1n) is 11.3. The summed E-state index contributed by atoms with van der Waals surface area (Å²) in [5, 5.41) is 13.4. The summed E-state index contributed by atoms with van der Waals surface area (Å²) in [6.45, 7) is 4.86. The van der Waals surface area contributed by atoms with E-state index in [0.717, 1.165) is 24.3 Å². The third-order valence-electron chi connectivity index (χ3n) is 5.28. The zero-order valence-corrected chi connectivity index (χ0v) is 18.6. The van der Waals surface area contributed by atoms with Crippen LogP contribution in [-0.2, 0) is 16.1 Å². The maximum absolute atomic E-state index is 12.1. The minimum absolute atomic E-state index is 0.194. The summed E-state index contributed by atoms with van der Waals surface area (Å²) in [6, 6.07) is 17.4. The molecule has 1 saturated heterocycles. The molecule has 0 saturated carbocycles. The Labute approximate surface area is 190 Å². The molecular formula is C25H34N2O5. The molecule has 1 unspecified atom stereocenters. The van der Waals surface area contributed by atoms with Crippen LogP contribution in [0.15, 0.2) is 54.6 Å². The number of aliphatic hydroxyl groups excluding tert-OH is 1. The summed E-state index contributed by atoms with van der Waals surface area (Å²) in [7, 11) is 0. The van der Waals surface area contributed by atoms with Gasteiger partial charge in [-0.3, -0.25) is 4.79 Å². The Hall–Kier alpha value is -2.61. The van der Waals surface area contributed by atoms with Crippen molar-refractivity contribution < 1.29 is 24.1 Å². The molecule has 32 heavy (non-hydrogen) atoms. The number of benzene rings is 2. The van der Waals surface area contributed by atoms with Gasteiger partial charge < -0.3 is 29.5 Å². The largest absolute Gasteiger partial charge is 0.491 e. The average molecular weight is 443 g/mol. The van der Waals surface area contributed by atoms with Crippen LogP contribution in [0.4, 0.5) is 0 Å². The van der Waals surface area contributed by atoms with Crippen LogP contribution in [0.1, 0.15) is 24.8 Å². The van der Waals surface area contributed by atoms with Crippen LogP contribution in [0.3, 0.4) is 0 Å². The number of nitrogens with zero attached hydrogens (tertiary/aromatic N) is 1. The van der Waals surface area contributed by atoms with E-state index in [-0.39, 0.29) is 12.5 Å². The summed E-state index contributed by atoms with van der Waals surface area (Å²) in [5.41, 5.74) is 1.12. The van der Waals surface area contributed by atoms with E-state index in [4.69, 9.17) is 14.2 Å². The molecule has 3 rings (SSSR count). The van der Waals surface area contributed by atoms with Crippen molar-refractivity contribution in [1.29, 1.82) is 0 Å². The lowest BCUT2D eigenvalue weighted by molar-refractivity contribution is -0.135. The van der Waals surface area contributed by atoms with Gasteiger partial charge in [-0.25, -0.2) is 0 Å². The average Bonchev–Trinajstić information content (AvgIpc) is 2.85. The molecule has 1 aliphatic heterocycles. The highest BCUT2D eigenvalue weighted by molar-refractivity contribution is 5.76. The molecule has 2 aromatic rings. The summed E-state index contributed by atoms with van der Waals surface area (Å²) in [5.74, 6) is 1.67. The minimum atomic E-state index is -0.550. The van der Waals surface area contributed by atoms with Crippen molar-refractivity contribution in [2.24, 2.45) is 0 Å². The van der Waals surface area contributed by atoms with Gasteiger partial charge in [-0.2, -0.15) is 0 Å². The topological polar surface area (TPSA) is 80.3 Å². The highest BCUT2D eigenvalue weighted by Crippen LogP contribution is 2.19. The molecule has 2 aromatic carbocycles. The van der Waals surface area contributed by atoms with E-state index in [0.29, 0.717) is 58.0 Å². The molecule has 0 aliphatic carbocycles. The molecule has 1 heterocycles. The van der Waals surface area contributed by atoms with Crippen molar-refractivity contribution in [3.8, 4) is 11.5 Å². The predicted molar refractivity (Wildman–Crippen MR) is 123 cm³/mol. The third-order valence-corrected chi connectivity index (χ3v) is 5.28. The fourth-order valence-corrected chi connectivity index (χ4v) is 3.38. The smallest absolute Gasteiger partial charge is 0.222 e. The van der Waals surface area contributed by atoms with Gasteiger partial charge in [0.15, 0.2) is 0 Å². The number of carbonyl (C=O) groups excluding carboxylic acids is 1. The van der Waals surface area contributed by atoms with E-state index in [1.165, 1.54) is 0 Å². The number of amides is 1. The second-order valence-corrected chi connectivity index (χ2v) is 7.85.